The number of fused-ring (bicyclic) bond motifs is 1. The van der Waals surface area contributed by atoms with Gasteiger partial charge in [-0.3, -0.25) is 9.20 Å². The number of aryl methyl sites for hydroxylation is 1. The lowest BCUT2D eigenvalue weighted by atomic mass is 9.90. The van der Waals surface area contributed by atoms with Crippen LogP contribution in [-0.2, 0) is 0 Å². The Hall–Kier alpha value is -1.50. The van der Waals surface area contributed by atoms with Gasteiger partial charge in [-0.15, -0.1) is 24.8 Å². The van der Waals surface area contributed by atoms with Crippen molar-refractivity contribution in [2.45, 2.75) is 51.5 Å². The fraction of sp³-hybridized carbons (Fsp3) is 0.600. The number of ether oxygens (including phenoxy) is 1. The van der Waals surface area contributed by atoms with Crippen LogP contribution in [0.5, 0.6) is 5.75 Å². The smallest absolute Gasteiger partial charge is 0.270 e. The highest BCUT2D eigenvalue weighted by atomic mass is 35.5. The lowest BCUT2D eigenvalue weighted by Gasteiger charge is -2.21. The Morgan fingerprint density at radius 3 is 2.79 bits per heavy atom. The molecule has 0 radical (unpaired) electrons. The predicted molar refractivity (Wildman–Crippen MR) is 115 cm³/mol. The summed E-state index contributed by atoms with van der Waals surface area (Å²) >= 11 is 0. The molecule has 6 nitrogen and oxygen atoms in total. The van der Waals surface area contributed by atoms with Gasteiger partial charge < -0.3 is 15.4 Å². The Kier molecular flexibility index (Phi) is 8.40. The molecule has 28 heavy (non-hydrogen) atoms. The molecule has 1 aliphatic carbocycles. The third kappa shape index (κ3) is 4.91. The number of hydrogen-bond acceptors (Lipinski definition) is 4. The third-order valence-corrected chi connectivity index (χ3v) is 5.60. The minimum absolute atomic E-state index is 0. The van der Waals surface area contributed by atoms with Crippen molar-refractivity contribution >= 4 is 36.4 Å². The second kappa shape index (κ2) is 10.3. The van der Waals surface area contributed by atoms with Crippen LogP contribution in [0, 0.1) is 12.8 Å². The van der Waals surface area contributed by atoms with Gasteiger partial charge in [-0.2, -0.15) is 0 Å². The van der Waals surface area contributed by atoms with Crippen LogP contribution in [0.2, 0.25) is 0 Å². The molecule has 3 heterocycles. The maximum atomic E-state index is 12.8. The number of amides is 1. The zero-order chi connectivity index (χ0) is 17.9. The van der Waals surface area contributed by atoms with Crippen LogP contribution in [0.3, 0.4) is 0 Å². The normalized spacial score (nSPS) is 19.7. The van der Waals surface area contributed by atoms with E-state index in [1.165, 1.54) is 32.1 Å². The number of aromatic nitrogens is 2. The molecule has 0 aromatic carbocycles. The first kappa shape index (κ1) is 22.8. The van der Waals surface area contributed by atoms with Crippen molar-refractivity contribution in [3.05, 3.63) is 29.7 Å². The zero-order valence-corrected chi connectivity index (χ0v) is 17.9. The van der Waals surface area contributed by atoms with Gasteiger partial charge in [0, 0.05) is 18.8 Å². The minimum Gasteiger partial charge on any atom is -0.489 e. The van der Waals surface area contributed by atoms with Crippen LogP contribution in [0.1, 0.15) is 54.7 Å². The highest BCUT2D eigenvalue weighted by molar-refractivity contribution is 5.95. The van der Waals surface area contributed by atoms with Crippen molar-refractivity contribution in [3.63, 3.8) is 0 Å². The van der Waals surface area contributed by atoms with Crippen LogP contribution < -0.4 is 15.4 Å². The first-order valence-electron chi connectivity index (χ1n) is 9.84. The van der Waals surface area contributed by atoms with E-state index < -0.39 is 0 Å². The third-order valence-electron chi connectivity index (χ3n) is 5.60. The second-order valence-electron chi connectivity index (χ2n) is 7.59. The van der Waals surface area contributed by atoms with Crippen molar-refractivity contribution in [3.8, 4) is 5.75 Å². The van der Waals surface area contributed by atoms with Crippen LogP contribution in [-0.4, -0.2) is 41.0 Å². The quantitative estimate of drug-likeness (QED) is 0.763. The summed E-state index contributed by atoms with van der Waals surface area (Å²) in [5.74, 6) is 1.34. The van der Waals surface area contributed by atoms with Gasteiger partial charge in [0.1, 0.15) is 5.69 Å². The molecule has 0 spiro atoms. The summed E-state index contributed by atoms with van der Waals surface area (Å²) in [7, 11) is 0. The summed E-state index contributed by atoms with van der Waals surface area (Å²) in [6.45, 7) is 4.41. The maximum absolute atomic E-state index is 12.8. The first-order valence-corrected chi connectivity index (χ1v) is 9.84. The van der Waals surface area contributed by atoms with Gasteiger partial charge in [0.25, 0.3) is 5.91 Å². The summed E-state index contributed by atoms with van der Waals surface area (Å²) in [6, 6.07) is 4.07. The number of nitrogens with one attached hydrogen (secondary N) is 2. The molecule has 1 atom stereocenters. The van der Waals surface area contributed by atoms with Gasteiger partial charge >= 0.3 is 0 Å². The molecule has 1 saturated carbocycles. The predicted octanol–water partition coefficient (Wildman–Crippen LogP) is 3.54. The van der Waals surface area contributed by atoms with Crippen LogP contribution in [0.15, 0.2) is 18.3 Å². The monoisotopic (exact) mass is 428 g/mol. The lowest BCUT2D eigenvalue weighted by molar-refractivity contribution is 0.0933. The molecular formula is C20H30Cl2N4O2. The van der Waals surface area contributed by atoms with Gasteiger partial charge in [0.05, 0.1) is 12.3 Å². The van der Waals surface area contributed by atoms with Gasteiger partial charge in [0.2, 0.25) is 0 Å². The minimum atomic E-state index is -0.0619. The maximum Gasteiger partial charge on any atom is 0.270 e. The number of nitrogens with zero attached hydrogens (tertiary/aromatic N) is 2. The first-order chi connectivity index (χ1) is 12.7. The molecule has 0 unspecified atom stereocenters. The molecule has 4 rings (SSSR count). The van der Waals surface area contributed by atoms with Gasteiger partial charge in [0.15, 0.2) is 11.4 Å². The Labute approximate surface area is 178 Å². The number of hydrogen-bond donors (Lipinski definition) is 2. The summed E-state index contributed by atoms with van der Waals surface area (Å²) in [5, 5.41) is 6.39. The SMILES string of the molecule is Cc1nc2c(OCC3CCCCC3)cccn2c1C(=O)N[C@H]1CCNC1.Cl.Cl. The summed E-state index contributed by atoms with van der Waals surface area (Å²) in [4.78, 5) is 17.4. The van der Waals surface area contributed by atoms with Crippen LogP contribution >= 0.6 is 24.8 Å². The fourth-order valence-electron chi connectivity index (χ4n) is 4.14. The Balaban J connectivity index is 0.00000140. The van der Waals surface area contributed by atoms with E-state index in [9.17, 15) is 4.79 Å². The molecule has 0 bridgehead atoms. The topological polar surface area (TPSA) is 67.7 Å². The van der Waals surface area contributed by atoms with E-state index in [0.29, 0.717) is 11.6 Å². The van der Waals surface area contributed by atoms with Gasteiger partial charge in [-0.05, 0) is 50.8 Å². The van der Waals surface area contributed by atoms with E-state index in [-0.39, 0.29) is 36.8 Å². The van der Waals surface area contributed by atoms with Gasteiger partial charge in [-0.25, -0.2) is 4.98 Å². The largest absolute Gasteiger partial charge is 0.489 e. The standard InChI is InChI=1S/C20H28N4O2.2ClH/c1-14-18(20(25)23-16-9-10-21-12-16)24-11-5-8-17(19(24)22-14)26-13-15-6-3-2-4-7-15;;/h5,8,11,15-16,21H,2-4,6-7,9-10,12-13H2,1H3,(H,23,25);2*1H/t16-;;/m0../s1. The molecule has 1 aliphatic heterocycles. The molecule has 1 amide bonds. The van der Waals surface area contributed by atoms with Crippen molar-refractivity contribution in [1.82, 2.24) is 20.0 Å². The Morgan fingerprint density at radius 2 is 2.07 bits per heavy atom. The molecule has 2 aliphatic rings. The van der Waals surface area contributed by atoms with Crippen molar-refractivity contribution in [1.29, 1.82) is 0 Å². The number of rotatable bonds is 5. The highest BCUT2D eigenvalue weighted by Crippen LogP contribution is 2.27. The van der Waals surface area contributed by atoms with E-state index >= 15 is 0 Å². The average Bonchev–Trinajstić information content (AvgIpc) is 3.27. The van der Waals surface area contributed by atoms with Crippen LogP contribution in [0.25, 0.3) is 5.65 Å². The Morgan fingerprint density at radius 1 is 1.29 bits per heavy atom. The summed E-state index contributed by atoms with van der Waals surface area (Å²) in [5.41, 5.74) is 2.08. The average molecular weight is 429 g/mol. The molecular weight excluding hydrogens is 399 g/mol. The number of carbonyl (C=O) groups is 1. The van der Waals surface area contributed by atoms with E-state index in [1.54, 1.807) is 0 Å². The molecule has 2 N–H and O–H groups in total. The van der Waals surface area contributed by atoms with E-state index in [4.69, 9.17) is 4.74 Å². The van der Waals surface area contributed by atoms with E-state index in [2.05, 4.69) is 15.6 Å². The van der Waals surface area contributed by atoms with Gasteiger partial charge in [-0.1, -0.05) is 19.3 Å². The fourth-order valence-corrected chi connectivity index (χ4v) is 4.14. The zero-order valence-electron chi connectivity index (χ0n) is 16.3. The highest BCUT2D eigenvalue weighted by Gasteiger charge is 2.23. The Bertz CT molecular complexity index is 784. The van der Waals surface area contributed by atoms with Crippen molar-refractivity contribution < 1.29 is 9.53 Å². The van der Waals surface area contributed by atoms with Crippen molar-refractivity contribution in [2.75, 3.05) is 19.7 Å². The van der Waals surface area contributed by atoms with E-state index in [1.807, 2.05) is 29.7 Å². The molecule has 2 fully saturated rings. The lowest BCUT2D eigenvalue weighted by Crippen LogP contribution is -2.37. The molecule has 2 aromatic heterocycles. The summed E-state index contributed by atoms with van der Waals surface area (Å²) in [6.07, 6.45) is 9.32. The number of pyridine rings is 1. The number of halogens is 2. The van der Waals surface area contributed by atoms with E-state index in [0.717, 1.165) is 43.2 Å². The molecule has 156 valence electrons. The molecule has 1 saturated heterocycles. The molecule has 8 heteroatoms. The number of imidazole rings is 1. The van der Waals surface area contributed by atoms with Crippen molar-refractivity contribution in [2.24, 2.45) is 5.92 Å². The van der Waals surface area contributed by atoms with Crippen LogP contribution in [0.4, 0.5) is 0 Å². The summed E-state index contributed by atoms with van der Waals surface area (Å²) < 4.78 is 7.98. The number of carbonyl (C=O) groups excluding carboxylic acids is 1. The second-order valence-corrected chi connectivity index (χ2v) is 7.59. The molecule has 2 aromatic rings.